The molecule has 1 aromatic carbocycles. The second-order valence-corrected chi connectivity index (χ2v) is 5.98. The smallest absolute Gasteiger partial charge is 0.120 e. The van der Waals surface area contributed by atoms with E-state index in [9.17, 15) is 0 Å². The van der Waals surface area contributed by atoms with Crippen molar-refractivity contribution in [1.82, 2.24) is 5.32 Å². The third-order valence-electron chi connectivity index (χ3n) is 3.71. The van der Waals surface area contributed by atoms with Gasteiger partial charge in [-0.2, -0.15) is 0 Å². The first-order valence-electron chi connectivity index (χ1n) is 7.49. The van der Waals surface area contributed by atoms with E-state index in [1.54, 1.807) is 0 Å². The molecule has 2 unspecified atom stereocenters. The molecule has 1 N–H and O–H groups in total. The normalized spacial score (nSPS) is 20.6. The Kier molecular flexibility index (Phi) is 6.33. The maximum Gasteiger partial charge on any atom is 0.120 e. The van der Waals surface area contributed by atoms with Crippen LogP contribution in [0, 0.1) is 5.92 Å². The monoisotopic (exact) mass is 341 g/mol. The van der Waals surface area contributed by atoms with Gasteiger partial charge >= 0.3 is 0 Å². The molecule has 2 rings (SSSR count). The molecule has 0 spiro atoms. The largest absolute Gasteiger partial charge is 0.494 e. The molecule has 1 fully saturated rings. The molecule has 1 heterocycles. The number of nitrogens with one attached hydrogen (secondary N) is 1. The minimum Gasteiger partial charge on any atom is -0.494 e. The van der Waals surface area contributed by atoms with Crippen LogP contribution < -0.4 is 10.1 Å². The molecule has 112 valence electrons. The van der Waals surface area contributed by atoms with Gasteiger partial charge in [0.2, 0.25) is 0 Å². The second-order valence-electron chi connectivity index (χ2n) is 5.13. The van der Waals surface area contributed by atoms with Gasteiger partial charge in [-0.25, -0.2) is 0 Å². The number of ether oxygens (including phenoxy) is 2. The third kappa shape index (κ3) is 3.96. The van der Waals surface area contributed by atoms with Crippen molar-refractivity contribution in [3.63, 3.8) is 0 Å². The molecule has 0 amide bonds. The summed E-state index contributed by atoms with van der Waals surface area (Å²) < 4.78 is 12.3. The van der Waals surface area contributed by atoms with E-state index >= 15 is 0 Å². The SMILES string of the molecule is CCNC(c1ccc(OCC)cc1Br)C1CCCOC1. The summed E-state index contributed by atoms with van der Waals surface area (Å²) in [7, 11) is 0. The molecule has 0 bridgehead atoms. The van der Waals surface area contributed by atoms with Gasteiger partial charge in [-0.05, 0) is 44.0 Å². The van der Waals surface area contributed by atoms with E-state index in [-0.39, 0.29) is 0 Å². The molecule has 0 aliphatic carbocycles. The number of halogens is 1. The summed E-state index contributed by atoms with van der Waals surface area (Å²) in [5, 5.41) is 3.61. The van der Waals surface area contributed by atoms with Crippen LogP contribution in [-0.4, -0.2) is 26.4 Å². The first-order valence-corrected chi connectivity index (χ1v) is 8.29. The Morgan fingerprint density at radius 2 is 2.30 bits per heavy atom. The van der Waals surface area contributed by atoms with Gasteiger partial charge in [-0.3, -0.25) is 0 Å². The molecule has 20 heavy (non-hydrogen) atoms. The lowest BCUT2D eigenvalue weighted by Crippen LogP contribution is -2.33. The second kappa shape index (κ2) is 8.01. The Hall–Kier alpha value is -0.580. The Balaban J connectivity index is 2.19. The van der Waals surface area contributed by atoms with E-state index in [1.807, 2.05) is 6.92 Å². The van der Waals surface area contributed by atoms with Crippen molar-refractivity contribution in [3.8, 4) is 5.75 Å². The van der Waals surface area contributed by atoms with Crippen molar-refractivity contribution >= 4 is 15.9 Å². The van der Waals surface area contributed by atoms with E-state index in [0.29, 0.717) is 18.6 Å². The number of rotatable bonds is 6. The zero-order valence-electron chi connectivity index (χ0n) is 12.3. The van der Waals surface area contributed by atoms with Gasteiger partial charge in [0.25, 0.3) is 0 Å². The molecule has 1 aromatic rings. The van der Waals surface area contributed by atoms with E-state index in [4.69, 9.17) is 9.47 Å². The van der Waals surface area contributed by atoms with Crippen molar-refractivity contribution in [1.29, 1.82) is 0 Å². The van der Waals surface area contributed by atoms with Crippen LogP contribution in [0.25, 0.3) is 0 Å². The average Bonchev–Trinajstić information content (AvgIpc) is 2.47. The minimum absolute atomic E-state index is 0.338. The quantitative estimate of drug-likeness (QED) is 0.850. The van der Waals surface area contributed by atoms with E-state index in [1.165, 1.54) is 12.0 Å². The zero-order valence-corrected chi connectivity index (χ0v) is 13.9. The number of benzene rings is 1. The fourth-order valence-corrected chi connectivity index (χ4v) is 3.40. The molecule has 0 aromatic heterocycles. The van der Waals surface area contributed by atoms with Crippen molar-refractivity contribution in [2.75, 3.05) is 26.4 Å². The highest BCUT2D eigenvalue weighted by atomic mass is 79.9. The van der Waals surface area contributed by atoms with Crippen LogP contribution in [0.5, 0.6) is 5.75 Å². The Morgan fingerprint density at radius 1 is 1.45 bits per heavy atom. The predicted octanol–water partition coefficient (Wildman–Crippen LogP) is 3.93. The van der Waals surface area contributed by atoms with Crippen molar-refractivity contribution in [3.05, 3.63) is 28.2 Å². The standard InChI is InChI=1S/C16H24BrNO2/c1-3-18-16(12-6-5-9-19-11-12)14-8-7-13(20-4-2)10-15(14)17/h7-8,10,12,16,18H,3-6,9,11H2,1-2H3. The molecule has 3 nitrogen and oxygen atoms in total. The summed E-state index contributed by atoms with van der Waals surface area (Å²) in [4.78, 5) is 0. The molecule has 4 heteroatoms. The highest BCUT2D eigenvalue weighted by molar-refractivity contribution is 9.10. The molecule has 1 aliphatic heterocycles. The Labute approximate surface area is 130 Å². The average molecular weight is 342 g/mol. The molecule has 1 aliphatic rings. The van der Waals surface area contributed by atoms with Crippen LogP contribution in [0.15, 0.2) is 22.7 Å². The summed E-state index contributed by atoms with van der Waals surface area (Å²) >= 11 is 3.69. The fourth-order valence-electron chi connectivity index (χ4n) is 2.80. The third-order valence-corrected chi connectivity index (χ3v) is 4.40. The van der Waals surface area contributed by atoms with Crippen LogP contribution >= 0.6 is 15.9 Å². The molecule has 0 saturated carbocycles. The lowest BCUT2D eigenvalue weighted by molar-refractivity contribution is 0.0391. The highest BCUT2D eigenvalue weighted by Gasteiger charge is 2.26. The van der Waals surface area contributed by atoms with Crippen LogP contribution in [-0.2, 0) is 4.74 Å². The van der Waals surface area contributed by atoms with Gasteiger partial charge in [-0.15, -0.1) is 0 Å². The van der Waals surface area contributed by atoms with Crippen LogP contribution in [0.3, 0.4) is 0 Å². The maximum atomic E-state index is 5.65. The number of hydrogen-bond donors (Lipinski definition) is 1. The summed E-state index contributed by atoms with van der Waals surface area (Å²) in [6.45, 7) is 7.55. The zero-order chi connectivity index (χ0) is 14.4. The van der Waals surface area contributed by atoms with E-state index < -0.39 is 0 Å². The van der Waals surface area contributed by atoms with Gasteiger partial charge in [-0.1, -0.05) is 28.9 Å². The van der Waals surface area contributed by atoms with Crippen LogP contribution in [0.2, 0.25) is 0 Å². The highest BCUT2D eigenvalue weighted by Crippen LogP contribution is 2.34. The van der Waals surface area contributed by atoms with Gasteiger partial charge in [0.1, 0.15) is 5.75 Å². The van der Waals surface area contributed by atoms with Crippen LogP contribution in [0.1, 0.15) is 38.3 Å². The molecular formula is C16H24BrNO2. The molecule has 2 atom stereocenters. The van der Waals surface area contributed by atoms with E-state index in [0.717, 1.165) is 36.4 Å². The summed E-state index contributed by atoms with van der Waals surface area (Å²) in [6, 6.07) is 6.62. The maximum absolute atomic E-state index is 5.65. The van der Waals surface area contributed by atoms with Crippen molar-refractivity contribution in [2.24, 2.45) is 5.92 Å². The fraction of sp³-hybridized carbons (Fsp3) is 0.625. The van der Waals surface area contributed by atoms with Gasteiger partial charge in [0.05, 0.1) is 13.2 Å². The van der Waals surface area contributed by atoms with Gasteiger partial charge < -0.3 is 14.8 Å². The summed E-state index contributed by atoms with van der Waals surface area (Å²) in [5.41, 5.74) is 1.30. The first-order chi connectivity index (χ1) is 9.76. The van der Waals surface area contributed by atoms with Crippen molar-refractivity contribution < 1.29 is 9.47 Å². The van der Waals surface area contributed by atoms with E-state index in [2.05, 4.69) is 46.4 Å². The lowest BCUT2D eigenvalue weighted by atomic mass is 9.88. The number of hydrogen-bond acceptors (Lipinski definition) is 3. The Morgan fingerprint density at radius 3 is 2.90 bits per heavy atom. The van der Waals surface area contributed by atoms with Gasteiger partial charge in [0.15, 0.2) is 0 Å². The van der Waals surface area contributed by atoms with Crippen LogP contribution in [0.4, 0.5) is 0 Å². The molecule has 1 saturated heterocycles. The van der Waals surface area contributed by atoms with Gasteiger partial charge in [0, 0.05) is 23.0 Å². The predicted molar refractivity (Wildman–Crippen MR) is 85.3 cm³/mol. The molecular weight excluding hydrogens is 318 g/mol. The Bertz CT molecular complexity index is 419. The molecule has 0 radical (unpaired) electrons. The topological polar surface area (TPSA) is 30.5 Å². The summed E-state index contributed by atoms with van der Waals surface area (Å²) in [5.74, 6) is 1.45. The van der Waals surface area contributed by atoms with Crippen molar-refractivity contribution in [2.45, 2.75) is 32.7 Å². The minimum atomic E-state index is 0.338. The first kappa shape index (κ1) is 15.8. The summed E-state index contributed by atoms with van der Waals surface area (Å²) in [6.07, 6.45) is 2.37. The lowest BCUT2D eigenvalue weighted by Gasteiger charge is -2.31.